The van der Waals surface area contributed by atoms with Crippen LogP contribution in [0.4, 0.5) is 0 Å². The Morgan fingerprint density at radius 3 is 2.30 bits per heavy atom. The molecule has 1 aliphatic carbocycles. The monoisotopic (exact) mass is 141 g/mol. The molecule has 0 aromatic carbocycles. The van der Waals surface area contributed by atoms with E-state index in [9.17, 15) is 0 Å². The summed E-state index contributed by atoms with van der Waals surface area (Å²) in [5.41, 5.74) is 5.80. The summed E-state index contributed by atoms with van der Waals surface area (Å²) in [6, 6.07) is 0. The predicted molar refractivity (Wildman–Crippen MR) is 39.7 cm³/mol. The maximum absolute atomic E-state index is 5.83. The minimum absolute atomic E-state index is 0.0914. The van der Waals surface area contributed by atoms with Crippen LogP contribution in [0, 0.1) is 5.92 Å². The van der Waals surface area contributed by atoms with Crippen molar-refractivity contribution in [2.45, 2.75) is 37.9 Å². The maximum atomic E-state index is 5.83. The zero-order chi connectivity index (χ0) is 7.41. The maximum Gasteiger partial charge on any atom is 0.0818 e. The molecule has 3 aliphatic rings. The van der Waals surface area contributed by atoms with E-state index in [4.69, 9.17) is 10.5 Å². The van der Waals surface area contributed by atoms with Crippen molar-refractivity contribution in [3.63, 3.8) is 0 Å². The van der Waals surface area contributed by atoms with Crippen molar-refractivity contribution in [1.29, 1.82) is 0 Å². The van der Waals surface area contributed by atoms with E-state index in [-0.39, 0.29) is 11.2 Å². The average Bonchev–Trinajstić information content (AvgIpc) is 2.12. The fourth-order valence-electron chi connectivity index (χ4n) is 2.26. The highest BCUT2D eigenvalue weighted by molar-refractivity contribution is 5.10. The van der Waals surface area contributed by atoms with E-state index >= 15 is 0 Å². The molecule has 0 radical (unpaired) electrons. The van der Waals surface area contributed by atoms with Gasteiger partial charge in [-0.1, -0.05) is 0 Å². The van der Waals surface area contributed by atoms with Crippen LogP contribution < -0.4 is 5.73 Å². The fourth-order valence-corrected chi connectivity index (χ4v) is 2.26. The smallest absolute Gasteiger partial charge is 0.0818 e. The van der Waals surface area contributed by atoms with Gasteiger partial charge in [0.15, 0.2) is 0 Å². The molecule has 2 aliphatic heterocycles. The first-order valence-electron chi connectivity index (χ1n) is 3.98. The topological polar surface area (TPSA) is 35.2 Å². The summed E-state index contributed by atoms with van der Waals surface area (Å²) in [5, 5.41) is 0. The van der Waals surface area contributed by atoms with Gasteiger partial charge >= 0.3 is 0 Å². The van der Waals surface area contributed by atoms with Gasteiger partial charge in [0.2, 0.25) is 0 Å². The molecule has 2 heterocycles. The lowest BCUT2D eigenvalue weighted by molar-refractivity contribution is -0.0488. The lowest BCUT2D eigenvalue weighted by Gasteiger charge is -2.34. The molecular formula is C8H15NO. The summed E-state index contributed by atoms with van der Waals surface area (Å²) in [4.78, 5) is 0. The minimum Gasteiger partial charge on any atom is -0.367 e. The molecule has 0 unspecified atom stereocenters. The van der Waals surface area contributed by atoms with Crippen molar-refractivity contribution in [3.05, 3.63) is 0 Å². The van der Waals surface area contributed by atoms with E-state index in [0.29, 0.717) is 6.54 Å². The van der Waals surface area contributed by atoms with Gasteiger partial charge in [-0.25, -0.2) is 0 Å². The van der Waals surface area contributed by atoms with Crippen molar-refractivity contribution >= 4 is 0 Å². The Bertz CT molecular complexity index is 159. The summed E-state index contributed by atoms with van der Waals surface area (Å²) in [6.45, 7) is 5.04. The molecule has 10 heavy (non-hydrogen) atoms. The Labute approximate surface area is 61.7 Å². The molecule has 1 saturated carbocycles. The van der Waals surface area contributed by atoms with Gasteiger partial charge in [-0.05, 0) is 32.6 Å². The van der Waals surface area contributed by atoms with Crippen molar-refractivity contribution in [2.24, 2.45) is 11.7 Å². The number of rotatable bonds is 1. The molecule has 58 valence electrons. The van der Waals surface area contributed by atoms with Crippen molar-refractivity contribution < 1.29 is 4.74 Å². The Balaban J connectivity index is 2.16. The third-order valence-corrected chi connectivity index (χ3v) is 3.07. The van der Waals surface area contributed by atoms with Crippen LogP contribution in [-0.4, -0.2) is 17.7 Å². The molecule has 2 heteroatoms. The molecule has 2 saturated heterocycles. The molecule has 0 aromatic rings. The second-order valence-electron chi connectivity index (χ2n) is 4.20. The number of fused-ring (bicyclic) bond motifs is 1. The summed E-state index contributed by atoms with van der Waals surface area (Å²) < 4.78 is 5.83. The fraction of sp³-hybridized carbons (Fsp3) is 1.00. The van der Waals surface area contributed by atoms with Crippen LogP contribution in [0.25, 0.3) is 0 Å². The normalized spacial score (nSPS) is 48.9. The summed E-state index contributed by atoms with van der Waals surface area (Å²) in [7, 11) is 0. The number of nitrogens with two attached hydrogens (primary N) is 1. The Morgan fingerprint density at radius 1 is 1.50 bits per heavy atom. The zero-order valence-corrected chi connectivity index (χ0v) is 6.68. The quantitative estimate of drug-likeness (QED) is 0.589. The van der Waals surface area contributed by atoms with Gasteiger partial charge in [-0.2, -0.15) is 0 Å². The Kier molecular flexibility index (Phi) is 1.03. The van der Waals surface area contributed by atoms with Crippen LogP contribution >= 0.6 is 0 Å². The van der Waals surface area contributed by atoms with E-state index < -0.39 is 0 Å². The molecule has 0 spiro atoms. The second kappa shape index (κ2) is 1.56. The molecule has 2 bridgehead atoms. The third kappa shape index (κ3) is 0.611. The highest BCUT2D eigenvalue weighted by Gasteiger charge is 2.60. The van der Waals surface area contributed by atoms with Crippen molar-refractivity contribution in [1.82, 2.24) is 0 Å². The molecule has 2 nitrogen and oxygen atoms in total. The van der Waals surface area contributed by atoms with Gasteiger partial charge in [0.25, 0.3) is 0 Å². The standard InChI is InChI=1S/C8H15NO/c1-7(2)6-3-8(4-6,5-9)10-7/h6H,3-5,9H2,1-2H3. The van der Waals surface area contributed by atoms with E-state index in [0.717, 1.165) is 5.92 Å². The first-order chi connectivity index (χ1) is 4.58. The summed E-state index contributed by atoms with van der Waals surface area (Å²) >= 11 is 0. The van der Waals surface area contributed by atoms with Gasteiger partial charge in [0, 0.05) is 6.54 Å². The van der Waals surface area contributed by atoms with E-state index in [1.165, 1.54) is 12.8 Å². The van der Waals surface area contributed by atoms with Crippen LogP contribution in [0.15, 0.2) is 0 Å². The van der Waals surface area contributed by atoms with Crippen LogP contribution in [0.1, 0.15) is 26.7 Å². The minimum atomic E-state index is 0.0914. The highest BCUT2D eigenvalue weighted by atomic mass is 16.5. The molecule has 0 amide bonds. The summed E-state index contributed by atoms with van der Waals surface area (Å²) in [5.74, 6) is 0.774. The Hall–Kier alpha value is -0.0800. The van der Waals surface area contributed by atoms with Crippen LogP contribution in [0.2, 0.25) is 0 Å². The zero-order valence-electron chi connectivity index (χ0n) is 6.68. The summed E-state index contributed by atoms with van der Waals surface area (Å²) in [6.07, 6.45) is 2.38. The number of ether oxygens (including phenoxy) is 1. The lowest BCUT2D eigenvalue weighted by Crippen LogP contribution is -2.43. The van der Waals surface area contributed by atoms with Gasteiger partial charge in [0.1, 0.15) is 0 Å². The molecule has 3 rings (SSSR count). The van der Waals surface area contributed by atoms with Crippen molar-refractivity contribution in [2.75, 3.05) is 6.54 Å². The first kappa shape index (κ1) is 6.62. The third-order valence-electron chi connectivity index (χ3n) is 3.07. The van der Waals surface area contributed by atoms with Gasteiger partial charge in [-0.15, -0.1) is 0 Å². The molecular weight excluding hydrogens is 126 g/mol. The molecule has 0 aromatic heterocycles. The highest BCUT2D eigenvalue weighted by Crippen LogP contribution is 2.56. The van der Waals surface area contributed by atoms with E-state index in [1.807, 2.05) is 0 Å². The Morgan fingerprint density at radius 2 is 2.10 bits per heavy atom. The predicted octanol–water partition coefficient (Wildman–Crippen LogP) is 0.903. The number of hydrogen-bond donors (Lipinski definition) is 1. The lowest BCUT2D eigenvalue weighted by atomic mass is 9.69. The second-order valence-corrected chi connectivity index (χ2v) is 4.20. The van der Waals surface area contributed by atoms with E-state index in [1.54, 1.807) is 0 Å². The van der Waals surface area contributed by atoms with Gasteiger partial charge < -0.3 is 10.5 Å². The van der Waals surface area contributed by atoms with Crippen LogP contribution in [0.5, 0.6) is 0 Å². The van der Waals surface area contributed by atoms with Crippen LogP contribution in [0.3, 0.4) is 0 Å². The van der Waals surface area contributed by atoms with Gasteiger partial charge in [0.05, 0.1) is 11.2 Å². The largest absolute Gasteiger partial charge is 0.367 e. The van der Waals surface area contributed by atoms with Crippen molar-refractivity contribution in [3.8, 4) is 0 Å². The molecule has 3 fully saturated rings. The van der Waals surface area contributed by atoms with Gasteiger partial charge in [-0.3, -0.25) is 0 Å². The average molecular weight is 141 g/mol. The molecule has 2 N–H and O–H groups in total. The van der Waals surface area contributed by atoms with Crippen LogP contribution in [-0.2, 0) is 4.74 Å². The number of hydrogen-bond acceptors (Lipinski definition) is 2. The molecule has 0 atom stereocenters. The SMILES string of the molecule is CC1(C)OC2(CN)CC1C2. The first-order valence-corrected chi connectivity index (χ1v) is 3.98. The van der Waals surface area contributed by atoms with E-state index in [2.05, 4.69) is 13.8 Å².